The largest absolute Gasteiger partial charge is 0.359 e. The number of carbonyl (C=O) groups is 1. The van der Waals surface area contributed by atoms with Gasteiger partial charge in [0.25, 0.3) is 0 Å². The molecular weight excluding hydrogens is 471 g/mol. The van der Waals surface area contributed by atoms with E-state index in [-0.39, 0.29) is 11.7 Å². The molecule has 1 amide bonds. The lowest BCUT2D eigenvalue weighted by molar-refractivity contribution is -0.120. The first-order valence-electron chi connectivity index (χ1n) is 11.2. The second-order valence-corrected chi connectivity index (χ2v) is 8.82. The number of unbranched alkanes of at least 4 members (excludes halogenated alkanes) is 4. The molecule has 0 aliphatic rings. The molecule has 0 unspecified atom stereocenters. The molecule has 3 rings (SSSR count). The van der Waals surface area contributed by atoms with Crippen LogP contribution >= 0.6 is 15.9 Å². The smallest absolute Gasteiger partial charge is 0.219 e. The standard InChI is InChI=1S/C25H30BrFN4O/c1-3-17-13-20-23(14-18(17)9-7-5-4-6-8-10-24(32)28-2)29-16-30-25(20)31-22-12-11-19(26)15-21(22)27/h11-16H,3-10H2,1-2H3,(H,28,32)(H,29,30,31). The lowest BCUT2D eigenvalue weighted by atomic mass is 9.97. The fourth-order valence-electron chi connectivity index (χ4n) is 3.83. The summed E-state index contributed by atoms with van der Waals surface area (Å²) in [5.74, 6) is 0.384. The fraction of sp³-hybridized carbons (Fsp3) is 0.400. The summed E-state index contributed by atoms with van der Waals surface area (Å²) in [5, 5.41) is 6.68. The Kier molecular flexibility index (Phi) is 8.97. The van der Waals surface area contributed by atoms with Crippen molar-refractivity contribution in [1.82, 2.24) is 15.3 Å². The van der Waals surface area contributed by atoms with Crippen molar-refractivity contribution < 1.29 is 9.18 Å². The molecular formula is C25H30BrFN4O. The van der Waals surface area contributed by atoms with E-state index in [1.807, 2.05) is 0 Å². The lowest BCUT2D eigenvalue weighted by Gasteiger charge is -2.13. The molecule has 5 nitrogen and oxygen atoms in total. The molecule has 0 atom stereocenters. The van der Waals surface area contributed by atoms with Crippen LogP contribution in [0.5, 0.6) is 0 Å². The van der Waals surface area contributed by atoms with Crippen molar-refractivity contribution in [3.63, 3.8) is 0 Å². The predicted molar refractivity (Wildman–Crippen MR) is 132 cm³/mol. The highest BCUT2D eigenvalue weighted by atomic mass is 79.9. The van der Waals surface area contributed by atoms with Gasteiger partial charge < -0.3 is 10.6 Å². The Bertz CT molecular complexity index is 1070. The Hall–Kier alpha value is -2.54. The summed E-state index contributed by atoms with van der Waals surface area (Å²) in [7, 11) is 1.68. The average Bonchev–Trinajstić information content (AvgIpc) is 2.79. The van der Waals surface area contributed by atoms with E-state index in [0.29, 0.717) is 22.4 Å². The van der Waals surface area contributed by atoms with Gasteiger partial charge in [-0.15, -0.1) is 0 Å². The molecule has 0 spiro atoms. The lowest BCUT2D eigenvalue weighted by Crippen LogP contribution is -2.16. The summed E-state index contributed by atoms with van der Waals surface area (Å²) in [6.45, 7) is 2.15. The molecule has 1 aromatic heterocycles. The second kappa shape index (κ2) is 11.9. The zero-order valence-electron chi connectivity index (χ0n) is 18.7. The maximum atomic E-state index is 14.3. The van der Waals surface area contributed by atoms with Crippen molar-refractivity contribution in [2.45, 2.75) is 58.3 Å². The van der Waals surface area contributed by atoms with Gasteiger partial charge in [0.2, 0.25) is 5.91 Å². The van der Waals surface area contributed by atoms with Crippen LogP contribution in [0.3, 0.4) is 0 Å². The van der Waals surface area contributed by atoms with Crippen LogP contribution in [0.4, 0.5) is 15.9 Å². The van der Waals surface area contributed by atoms with E-state index in [0.717, 1.165) is 55.8 Å². The van der Waals surface area contributed by atoms with E-state index < -0.39 is 0 Å². The molecule has 0 saturated carbocycles. The van der Waals surface area contributed by atoms with Crippen molar-refractivity contribution in [2.24, 2.45) is 0 Å². The number of hydrogen-bond donors (Lipinski definition) is 2. The fourth-order valence-corrected chi connectivity index (χ4v) is 4.16. The third-order valence-electron chi connectivity index (χ3n) is 5.65. The number of nitrogens with zero attached hydrogens (tertiary/aromatic N) is 2. The van der Waals surface area contributed by atoms with Crippen LogP contribution in [0.25, 0.3) is 10.9 Å². The number of halogens is 2. The van der Waals surface area contributed by atoms with Crippen molar-refractivity contribution >= 4 is 44.2 Å². The number of aryl methyl sites for hydroxylation is 2. The normalized spacial score (nSPS) is 11.0. The molecule has 0 aliphatic carbocycles. The molecule has 0 saturated heterocycles. The number of hydrogen-bond acceptors (Lipinski definition) is 4. The van der Waals surface area contributed by atoms with E-state index in [1.54, 1.807) is 19.2 Å². The van der Waals surface area contributed by atoms with Crippen LogP contribution < -0.4 is 10.6 Å². The van der Waals surface area contributed by atoms with Crippen molar-refractivity contribution in [3.05, 3.63) is 58.1 Å². The molecule has 0 fully saturated rings. The Morgan fingerprint density at radius 2 is 1.81 bits per heavy atom. The van der Waals surface area contributed by atoms with Gasteiger partial charge in [-0.05, 0) is 67.1 Å². The van der Waals surface area contributed by atoms with Gasteiger partial charge >= 0.3 is 0 Å². The Morgan fingerprint density at radius 1 is 1.03 bits per heavy atom. The highest BCUT2D eigenvalue weighted by molar-refractivity contribution is 9.10. The zero-order chi connectivity index (χ0) is 22.9. The van der Waals surface area contributed by atoms with E-state index >= 15 is 0 Å². The maximum Gasteiger partial charge on any atom is 0.219 e. The summed E-state index contributed by atoms with van der Waals surface area (Å²) in [6.07, 6.45) is 9.47. The Morgan fingerprint density at radius 3 is 2.56 bits per heavy atom. The van der Waals surface area contributed by atoms with Crippen LogP contribution in [0, 0.1) is 5.82 Å². The average molecular weight is 501 g/mol. The zero-order valence-corrected chi connectivity index (χ0v) is 20.3. The first-order valence-corrected chi connectivity index (χ1v) is 12.0. The third kappa shape index (κ3) is 6.48. The third-order valence-corrected chi connectivity index (χ3v) is 6.14. The molecule has 170 valence electrons. The predicted octanol–water partition coefficient (Wildman–Crippen LogP) is 6.47. The number of nitrogens with one attached hydrogen (secondary N) is 2. The van der Waals surface area contributed by atoms with E-state index in [9.17, 15) is 9.18 Å². The monoisotopic (exact) mass is 500 g/mol. The molecule has 0 aliphatic heterocycles. The van der Waals surface area contributed by atoms with Gasteiger partial charge in [-0.3, -0.25) is 4.79 Å². The van der Waals surface area contributed by atoms with Gasteiger partial charge in [0, 0.05) is 23.3 Å². The van der Waals surface area contributed by atoms with Crippen molar-refractivity contribution in [2.75, 3.05) is 12.4 Å². The van der Waals surface area contributed by atoms with E-state index in [4.69, 9.17) is 0 Å². The number of rotatable bonds is 11. The van der Waals surface area contributed by atoms with Crippen LogP contribution in [0.15, 0.2) is 41.1 Å². The molecule has 0 radical (unpaired) electrons. The number of amides is 1. The topological polar surface area (TPSA) is 66.9 Å². The number of aromatic nitrogens is 2. The quantitative estimate of drug-likeness (QED) is 0.296. The Balaban J connectivity index is 1.67. The number of fused-ring (bicyclic) bond motifs is 1. The summed E-state index contributed by atoms with van der Waals surface area (Å²) in [6, 6.07) is 9.19. The molecule has 2 aromatic carbocycles. The Labute approximate surface area is 197 Å². The molecule has 7 heteroatoms. The number of carbonyl (C=O) groups excluding carboxylic acids is 1. The summed E-state index contributed by atoms with van der Waals surface area (Å²) < 4.78 is 15.0. The molecule has 3 aromatic rings. The second-order valence-electron chi connectivity index (χ2n) is 7.90. The summed E-state index contributed by atoms with van der Waals surface area (Å²) >= 11 is 3.29. The summed E-state index contributed by atoms with van der Waals surface area (Å²) in [5.41, 5.74) is 3.82. The van der Waals surface area contributed by atoms with Gasteiger partial charge in [-0.1, -0.05) is 42.1 Å². The molecule has 2 N–H and O–H groups in total. The highest BCUT2D eigenvalue weighted by Gasteiger charge is 2.11. The van der Waals surface area contributed by atoms with E-state index in [2.05, 4.69) is 55.6 Å². The van der Waals surface area contributed by atoms with Gasteiger partial charge in [0.15, 0.2) is 0 Å². The molecule has 1 heterocycles. The van der Waals surface area contributed by atoms with Gasteiger partial charge in [0.05, 0.1) is 11.2 Å². The first-order chi connectivity index (χ1) is 15.5. The maximum absolute atomic E-state index is 14.3. The number of anilines is 2. The highest BCUT2D eigenvalue weighted by Crippen LogP contribution is 2.29. The van der Waals surface area contributed by atoms with Crippen LogP contribution in [-0.4, -0.2) is 22.9 Å². The van der Waals surface area contributed by atoms with Crippen LogP contribution in [0.2, 0.25) is 0 Å². The first kappa shape index (κ1) is 24.1. The van der Waals surface area contributed by atoms with Crippen LogP contribution in [0.1, 0.15) is 56.6 Å². The number of benzene rings is 2. The minimum Gasteiger partial charge on any atom is -0.359 e. The van der Waals surface area contributed by atoms with Crippen molar-refractivity contribution in [1.29, 1.82) is 0 Å². The van der Waals surface area contributed by atoms with Gasteiger partial charge in [0.1, 0.15) is 18.0 Å². The summed E-state index contributed by atoms with van der Waals surface area (Å²) in [4.78, 5) is 20.1. The molecule has 32 heavy (non-hydrogen) atoms. The minimum atomic E-state index is -0.339. The van der Waals surface area contributed by atoms with Crippen LogP contribution in [-0.2, 0) is 17.6 Å². The van der Waals surface area contributed by atoms with Gasteiger partial charge in [-0.25, -0.2) is 14.4 Å². The van der Waals surface area contributed by atoms with Gasteiger partial charge in [-0.2, -0.15) is 0 Å². The molecule has 0 bridgehead atoms. The van der Waals surface area contributed by atoms with Crippen molar-refractivity contribution in [3.8, 4) is 0 Å². The SMILES string of the molecule is CCc1cc2c(Nc3ccc(Br)cc3F)ncnc2cc1CCCCCCCC(=O)NC. The minimum absolute atomic E-state index is 0.118. The van der Waals surface area contributed by atoms with E-state index in [1.165, 1.54) is 23.5 Å².